The minimum atomic E-state index is -0.163. The molecule has 5 nitrogen and oxygen atoms in total. The summed E-state index contributed by atoms with van der Waals surface area (Å²) in [4.78, 5) is 11.4. The average Bonchev–Trinajstić information content (AvgIpc) is 2.65. The summed E-state index contributed by atoms with van der Waals surface area (Å²) >= 11 is 0. The topological polar surface area (TPSA) is 54.0 Å². The summed E-state index contributed by atoms with van der Waals surface area (Å²) in [6.07, 6.45) is 9.43. The molecule has 26 heavy (non-hydrogen) atoms. The Bertz CT molecular complexity index is 309. The summed E-state index contributed by atoms with van der Waals surface area (Å²) in [6, 6.07) is 0. The van der Waals surface area contributed by atoms with E-state index in [2.05, 4.69) is 20.8 Å². The van der Waals surface area contributed by atoms with Crippen molar-refractivity contribution in [1.82, 2.24) is 0 Å². The highest BCUT2D eigenvalue weighted by Gasteiger charge is 2.23. The van der Waals surface area contributed by atoms with Crippen molar-refractivity contribution in [3.05, 3.63) is 0 Å². The molecule has 0 aromatic heterocycles. The number of unbranched alkanes of at least 4 members (excludes halogenated alkanes) is 3. The molecular weight excluding hydrogens is 332 g/mol. The minimum Gasteiger partial charge on any atom is -0.469 e. The van der Waals surface area contributed by atoms with E-state index in [4.69, 9.17) is 18.9 Å². The summed E-state index contributed by atoms with van der Waals surface area (Å²) in [5.74, 6) is -0.163. The Morgan fingerprint density at radius 1 is 0.731 bits per heavy atom. The molecule has 0 unspecified atom stereocenters. The van der Waals surface area contributed by atoms with Crippen LogP contribution < -0.4 is 0 Å². The van der Waals surface area contributed by atoms with Gasteiger partial charge in [0, 0.05) is 32.8 Å². The lowest BCUT2D eigenvalue weighted by Crippen LogP contribution is -2.34. The van der Waals surface area contributed by atoms with Gasteiger partial charge in [-0.2, -0.15) is 0 Å². The van der Waals surface area contributed by atoms with Gasteiger partial charge in [0.25, 0.3) is 0 Å². The van der Waals surface area contributed by atoms with Crippen LogP contribution in [0.15, 0.2) is 0 Å². The second-order valence-corrected chi connectivity index (χ2v) is 6.75. The first-order valence-corrected chi connectivity index (χ1v) is 10.6. The Balaban J connectivity index is 4.57. The monoisotopic (exact) mass is 374 g/mol. The lowest BCUT2D eigenvalue weighted by atomic mass is 10.0. The van der Waals surface area contributed by atoms with Gasteiger partial charge in [-0.05, 0) is 38.5 Å². The molecule has 0 aliphatic heterocycles. The van der Waals surface area contributed by atoms with Crippen molar-refractivity contribution in [2.45, 2.75) is 97.2 Å². The maximum absolute atomic E-state index is 11.4. The molecule has 0 amide bonds. The van der Waals surface area contributed by atoms with Crippen LogP contribution in [-0.4, -0.2) is 51.7 Å². The molecule has 0 spiro atoms. The van der Waals surface area contributed by atoms with Gasteiger partial charge in [0.1, 0.15) is 0 Å². The van der Waals surface area contributed by atoms with Crippen LogP contribution in [0.1, 0.15) is 85.0 Å². The molecule has 0 bridgehead atoms. The van der Waals surface area contributed by atoms with Crippen molar-refractivity contribution in [1.29, 1.82) is 0 Å². The first-order chi connectivity index (χ1) is 12.7. The average molecular weight is 375 g/mol. The highest BCUT2D eigenvalue weighted by Crippen LogP contribution is 2.17. The highest BCUT2D eigenvalue weighted by molar-refractivity contribution is 5.68. The number of carbonyl (C=O) groups excluding carboxylic acids is 1. The van der Waals surface area contributed by atoms with Crippen molar-refractivity contribution in [3.63, 3.8) is 0 Å². The van der Waals surface area contributed by atoms with Crippen molar-refractivity contribution in [2.75, 3.05) is 33.5 Å². The first-order valence-electron chi connectivity index (χ1n) is 10.6. The summed E-state index contributed by atoms with van der Waals surface area (Å²) < 4.78 is 22.8. The quantitative estimate of drug-likeness (QED) is 0.238. The standard InChI is InChI=1S/C21H42O5/c1-5-8-15-24-18-14-20(26-17-10-7-3)19(25-16-9-6-2)12-11-13-21(22)23-4/h19-20H,5-18H2,1-4H3/t19-,20+/m1/s1. The van der Waals surface area contributed by atoms with E-state index in [1.165, 1.54) is 7.11 Å². The van der Waals surface area contributed by atoms with Crippen molar-refractivity contribution < 1.29 is 23.7 Å². The molecule has 5 heteroatoms. The molecule has 0 heterocycles. The predicted molar refractivity (Wildman–Crippen MR) is 106 cm³/mol. The number of rotatable bonds is 19. The van der Waals surface area contributed by atoms with Crippen LogP contribution in [0.4, 0.5) is 0 Å². The van der Waals surface area contributed by atoms with E-state index in [0.29, 0.717) is 13.0 Å². The number of hydrogen-bond donors (Lipinski definition) is 0. The van der Waals surface area contributed by atoms with Crippen LogP contribution >= 0.6 is 0 Å². The highest BCUT2D eigenvalue weighted by atomic mass is 16.5. The molecule has 0 saturated heterocycles. The van der Waals surface area contributed by atoms with Crippen LogP contribution in [0.2, 0.25) is 0 Å². The van der Waals surface area contributed by atoms with Crippen LogP contribution in [0.5, 0.6) is 0 Å². The minimum absolute atomic E-state index is 0.0119. The fourth-order valence-electron chi connectivity index (χ4n) is 2.61. The van der Waals surface area contributed by atoms with Gasteiger partial charge in [-0.25, -0.2) is 0 Å². The SMILES string of the molecule is CCCCOCC[C@H](OCCCC)[C@@H](CCCC(=O)OC)OCCCC. The smallest absolute Gasteiger partial charge is 0.305 e. The molecule has 0 N–H and O–H groups in total. The van der Waals surface area contributed by atoms with E-state index in [1.807, 2.05) is 0 Å². The molecular formula is C21H42O5. The van der Waals surface area contributed by atoms with E-state index >= 15 is 0 Å². The van der Waals surface area contributed by atoms with Crippen LogP contribution in [0.25, 0.3) is 0 Å². The molecule has 0 fully saturated rings. The maximum atomic E-state index is 11.4. The molecule has 0 rings (SSSR count). The van der Waals surface area contributed by atoms with Crippen molar-refractivity contribution >= 4 is 5.97 Å². The fourth-order valence-corrected chi connectivity index (χ4v) is 2.61. The number of esters is 1. The van der Waals surface area contributed by atoms with Gasteiger partial charge in [0.15, 0.2) is 0 Å². The van der Waals surface area contributed by atoms with E-state index in [0.717, 1.165) is 77.6 Å². The molecule has 0 aromatic carbocycles. The molecule has 0 radical (unpaired) electrons. The molecule has 0 aliphatic rings. The second kappa shape index (κ2) is 19.1. The third kappa shape index (κ3) is 14.5. The zero-order valence-electron chi connectivity index (χ0n) is 17.6. The number of ether oxygens (including phenoxy) is 4. The third-order valence-corrected chi connectivity index (χ3v) is 4.36. The van der Waals surface area contributed by atoms with E-state index < -0.39 is 0 Å². The predicted octanol–water partition coefficient (Wildman–Crippen LogP) is 4.91. The number of methoxy groups -OCH3 is 1. The van der Waals surface area contributed by atoms with Crippen molar-refractivity contribution in [2.24, 2.45) is 0 Å². The Morgan fingerprint density at radius 3 is 1.81 bits per heavy atom. The summed E-state index contributed by atoms with van der Waals surface area (Å²) in [5.41, 5.74) is 0. The van der Waals surface area contributed by atoms with Gasteiger partial charge < -0.3 is 18.9 Å². The Hall–Kier alpha value is -0.650. The lowest BCUT2D eigenvalue weighted by Gasteiger charge is -2.28. The molecule has 0 aliphatic carbocycles. The molecule has 0 saturated carbocycles. The zero-order chi connectivity index (χ0) is 19.5. The van der Waals surface area contributed by atoms with Gasteiger partial charge in [-0.1, -0.05) is 40.0 Å². The van der Waals surface area contributed by atoms with Gasteiger partial charge >= 0.3 is 5.97 Å². The lowest BCUT2D eigenvalue weighted by molar-refractivity contribution is -0.141. The second-order valence-electron chi connectivity index (χ2n) is 6.75. The number of hydrogen-bond acceptors (Lipinski definition) is 5. The molecule has 2 atom stereocenters. The number of carbonyl (C=O) groups is 1. The molecule has 0 aromatic rings. The summed E-state index contributed by atoms with van der Waals surface area (Å²) in [6.45, 7) is 9.48. The maximum Gasteiger partial charge on any atom is 0.305 e. The Kier molecular flexibility index (Phi) is 18.6. The van der Waals surface area contributed by atoms with Gasteiger partial charge in [-0.3, -0.25) is 4.79 Å². The van der Waals surface area contributed by atoms with E-state index in [9.17, 15) is 4.79 Å². The van der Waals surface area contributed by atoms with Gasteiger partial charge in [-0.15, -0.1) is 0 Å². The Morgan fingerprint density at radius 2 is 1.27 bits per heavy atom. The van der Waals surface area contributed by atoms with E-state index in [1.54, 1.807) is 0 Å². The fraction of sp³-hybridized carbons (Fsp3) is 0.952. The summed E-state index contributed by atoms with van der Waals surface area (Å²) in [5, 5.41) is 0. The van der Waals surface area contributed by atoms with E-state index in [-0.39, 0.29) is 18.2 Å². The largest absolute Gasteiger partial charge is 0.469 e. The van der Waals surface area contributed by atoms with Crippen LogP contribution in [0.3, 0.4) is 0 Å². The third-order valence-electron chi connectivity index (χ3n) is 4.36. The molecule has 156 valence electrons. The van der Waals surface area contributed by atoms with Gasteiger partial charge in [0.05, 0.1) is 19.3 Å². The summed E-state index contributed by atoms with van der Waals surface area (Å²) in [7, 11) is 1.43. The van der Waals surface area contributed by atoms with Crippen molar-refractivity contribution in [3.8, 4) is 0 Å². The van der Waals surface area contributed by atoms with Gasteiger partial charge in [0.2, 0.25) is 0 Å². The van der Waals surface area contributed by atoms with Crippen LogP contribution in [-0.2, 0) is 23.7 Å². The normalized spacial score (nSPS) is 13.5. The zero-order valence-corrected chi connectivity index (χ0v) is 17.6. The first kappa shape index (κ1) is 25.4. The van der Waals surface area contributed by atoms with Crippen LogP contribution in [0, 0.1) is 0 Å². The Labute approximate surface area is 161 Å².